The smallest absolute Gasteiger partial charge is 0.319 e. The zero-order valence-electron chi connectivity index (χ0n) is 19.8. The standard InChI is InChI=1S/C23H25FN8O3/c1-11-17(8-15-14-7-16(24)19(29-30-25)9-18(14)28-21(15)33)26-12(2)20(11)22(34)27-13-5-6-32(10-13)23(35)31(3)4/h7-9,13,26H,5-6,10H2,1-4H3,(H,27,34)(H,28,33)/b15-8-/t13-/m0/s1. The van der Waals surface area contributed by atoms with E-state index in [-0.39, 0.29) is 29.2 Å². The Labute approximate surface area is 200 Å². The number of anilines is 1. The highest BCUT2D eigenvalue weighted by Gasteiger charge is 2.30. The second-order valence-electron chi connectivity index (χ2n) is 8.80. The third kappa shape index (κ3) is 4.43. The number of benzene rings is 1. The van der Waals surface area contributed by atoms with Crippen LogP contribution in [0.5, 0.6) is 0 Å². The molecule has 0 bridgehead atoms. The van der Waals surface area contributed by atoms with E-state index in [0.29, 0.717) is 53.3 Å². The molecule has 0 unspecified atom stereocenters. The summed E-state index contributed by atoms with van der Waals surface area (Å²) in [6, 6.07) is 2.16. The molecule has 1 aromatic heterocycles. The highest BCUT2D eigenvalue weighted by molar-refractivity contribution is 6.35. The third-order valence-corrected chi connectivity index (χ3v) is 6.19. The molecule has 0 saturated carbocycles. The Morgan fingerprint density at radius 1 is 1.34 bits per heavy atom. The summed E-state index contributed by atoms with van der Waals surface area (Å²) in [5.41, 5.74) is 11.5. The molecule has 182 valence electrons. The molecular formula is C23H25FN8O3. The maximum atomic E-state index is 14.3. The summed E-state index contributed by atoms with van der Waals surface area (Å²) in [6.07, 6.45) is 2.23. The van der Waals surface area contributed by atoms with E-state index >= 15 is 0 Å². The van der Waals surface area contributed by atoms with Gasteiger partial charge in [0.05, 0.1) is 16.8 Å². The van der Waals surface area contributed by atoms with Gasteiger partial charge in [-0.1, -0.05) is 5.11 Å². The topological polar surface area (TPSA) is 146 Å². The van der Waals surface area contributed by atoms with Crippen LogP contribution in [0.1, 0.15) is 39.3 Å². The van der Waals surface area contributed by atoms with Crippen LogP contribution in [0.3, 0.4) is 0 Å². The lowest BCUT2D eigenvalue weighted by atomic mass is 10.0. The number of aromatic amines is 1. The zero-order chi connectivity index (χ0) is 25.4. The number of azide groups is 1. The van der Waals surface area contributed by atoms with Gasteiger partial charge in [-0.05, 0) is 49.6 Å². The zero-order valence-corrected chi connectivity index (χ0v) is 19.8. The molecule has 12 heteroatoms. The molecule has 1 fully saturated rings. The molecule has 2 aliphatic rings. The summed E-state index contributed by atoms with van der Waals surface area (Å²) in [6.45, 7) is 4.52. The largest absolute Gasteiger partial charge is 0.358 e. The normalized spacial score (nSPS) is 17.7. The average Bonchev–Trinajstić information content (AvgIpc) is 3.45. The lowest BCUT2D eigenvalue weighted by Crippen LogP contribution is -2.41. The SMILES string of the molecule is Cc1[nH]c(/C=C2\C(=O)Nc3cc(N=[N+]=[N-])c(F)cc32)c(C)c1C(=O)N[C@H]1CCN(C(=O)N(C)C)C1. The summed E-state index contributed by atoms with van der Waals surface area (Å²) >= 11 is 0. The van der Waals surface area contributed by atoms with Gasteiger partial charge in [-0.25, -0.2) is 9.18 Å². The maximum Gasteiger partial charge on any atom is 0.319 e. The van der Waals surface area contributed by atoms with Crippen molar-refractivity contribution >= 4 is 40.9 Å². The fourth-order valence-electron chi connectivity index (χ4n) is 4.46. The van der Waals surface area contributed by atoms with Gasteiger partial charge in [0.15, 0.2) is 0 Å². The second-order valence-corrected chi connectivity index (χ2v) is 8.80. The quantitative estimate of drug-likeness (QED) is 0.265. The van der Waals surface area contributed by atoms with Crippen LogP contribution in [-0.2, 0) is 4.79 Å². The van der Waals surface area contributed by atoms with Gasteiger partial charge in [0, 0.05) is 60.8 Å². The van der Waals surface area contributed by atoms with Crippen molar-refractivity contribution < 1.29 is 18.8 Å². The van der Waals surface area contributed by atoms with Gasteiger partial charge < -0.3 is 25.4 Å². The minimum Gasteiger partial charge on any atom is -0.358 e. The number of urea groups is 1. The molecular weight excluding hydrogens is 455 g/mol. The number of fused-ring (bicyclic) bond motifs is 1. The first-order chi connectivity index (χ1) is 16.6. The summed E-state index contributed by atoms with van der Waals surface area (Å²) in [5, 5.41) is 8.93. The Morgan fingerprint density at radius 2 is 2.09 bits per heavy atom. The van der Waals surface area contributed by atoms with E-state index in [4.69, 9.17) is 5.53 Å². The number of amides is 4. The number of aromatic nitrogens is 1. The van der Waals surface area contributed by atoms with Crippen molar-refractivity contribution in [3.63, 3.8) is 0 Å². The first-order valence-corrected chi connectivity index (χ1v) is 11.0. The lowest BCUT2D eigenvalue weighted by molar-refractivity contribution is -0.110. The molecule has 4 rings (SSSR count). The van der Waals surface area contributed by atoms with Crippen molar-refractivity contribution in [1.82, 2.24) is 20.1 Å². The van der Waals surface area contributed by atoms with Crippen molar-refractivity contribution in [2.75, 3.05) is 32.5 Å². The molecule has 0 spiro atoms. The second kappa shape index (κ2) is 9.15. The Kier molecular flexibility index (Phi) is 6.23. The fourth-order valence-corrected chi connectivity index (χ4v) is 4.46. The predicted molar refractivity (Wildman–Crippen MR) is 129 cm³/mol. The van der Waals surface area contributed by atoms with Crippen LogP contribution in [0.4, 0.5) is 20.6 Å². The highest BCUT2D eigenvalue weighted by atomic mass is 19.1. The molecule has 0 aliphatic carbocycles. The molecule has 0 radical (unpaired) electrons. The number of carbonyl (C=O) groups excluding carboxylic acids is 3. The molecule has 35 heavy (non-hydrogen) atoms. The van der Waals surface area contributed by atoms with Crippen molar-refractivity contribution in [2.45, 2.75) is 26.3 Å². The van der Waals surface area contributed by atoms with Crippen LogP contribution in [0.15, 0.2) is 17.2 Å². The molecule has 1 atom stereocenters. The lowest BCUT2D eigenvalue weighted by Gasteiger charge is -2.21. The number of hydrogen-bond donors (Lipinski definition) is 3. The van der Waals surface area contributed by atoms with E-state index in [1.54, 1.807) is 38.9 Å². The van der Waals surface area contributed by atoms with Gasteiger partial charge in [0.1, 0.15) is 5.82 Å². The van der Waals surface area contributed by atoms with E-state index < -0.39 is 11.7 Å². The first-order valence-electron chi connectivity index (χ1n) is 11.0. The molecule has 2 aromatic rings. The number of hydrogen-bond acceptors (Lipinski definition) is 4. The number of rotatable bonds is 4. The minimum atomic E-state index is -0.748. The Balaban J connectivity index is 1.58. The molecule has 1 saturated heterocycles. The molecule has 3 N–H and O–H groups in total. The summed E-state index contributed by atoms with van der Waals surface area (Å²) in [7, 11) is 3.38. The van der Waals surface area contributed by atoms with E-state index in [2.05, 4.69) is 25.6 Å². The van der Waals surface area contributed by atoms with Gasteiger partial charge in [-0.15, -0.1) is 0 Å². The van der Waals surface area contributed by atoms with Crippen molar-refractivity contribution in [3.05, 3.63) is 56.5 Å². The molecule has 1 aromatic carbocycles. The summed E-state index contributed by atoms with van der Waals surface area (Å²) in [5.74, 6) is -1.46. The van der Waals surface area contributed by atoms with Crippen LogP contribution < -0.4 is 10.6 Å². The highest BCUT2D eigenvalue weighted by Crippen LogP contribution is 2.38. The molecule has 4 amide bonds. The van der Waals surface area contributed by atoms with Crippen molar-refractivity contribution in [2.24, 2.45) is 5.11 Å². The number of halogens is 1. The Morgan fingerprint density at radius 3 is 2.77 bits per heavy atom. The summed E-state index contributed by atoms with van der Waals surface area (Å²) in [4.78, 5) is 46.7. The van der Waals surface area contributed by atoms with E-state index in [1.807, 2.05) is 0 Å². The van der Waals surface area contributed by atoms with Gasteiger partial charge in [-0.3, -0.25) is 9.59 Å². The molecule has 2 aliphatic heterocycles. The molecule has 11 nitrogen and oxygen atoms in total. The van der Waals surface area contributed by atoms with E-state index in [0.717, 1.165) is 6.07 Å². The number of nitrogens with zero attached hydrogens (tertiary/aromatic N) is 5. The van der Waals surface area contributed by atoms with Crippen LogP contribution in [0.2, 0.25) is 0 Å². The van der Waals surface area contributed by atoms with E-state index in [1.165, 1.54) is 11.0 Å². The van der Waals surface area contributed by atoms with Crippen LogP contribution >= 0.6 is 0 Å². The van der Waals surface area contributed by atoms with Gasteiger partial charge in [0.25, 0.3) is 11.8 Å². The number of carbonyl (C=O) groups is 3. The monoisotopic (exact) mass is 480 g/mol. The van der Waals surface area contributed by atoms with Gasteiger partial charge in [-0.2, -0.15) is 0 Å². The molecule has 3 heterocycles. The minimum absolute atomic E-state index is 0.0947. The average molecular weight is 481 g/mol. The van der Waals surface area contributed by atoms with Crippen LogP contribution in [0, 0.1) is 19.7 Å². The van der Waals surface area contributed by atoms with Gasteiger partial charge >= 0.3 is 6.03 Å². The fraction of sp³-hybridized carbons (Fsp3) is 0.348. The van der Waals surface area contributed by atoms with Crippen LogP contribution in [0.25, 0.3) is 22.1 Å². The number of nitrogens with one attached hydrogen (secondary N) is 3. The van der Waals surface area contributed by atoms with E-state index in [9.17, 15) is 18.8 Å². The first kappa shape index (κ1) is 23.8. The Bertz CT molecular complexity index is 1320. The number of aryl methyl sites for hydroxylation is 1. The van der Waals surface area contributed by atoms with Gasteiger partial charge in [0.2, 0.25) is 0 Å². The maximum absolute atomic E-state index is 14.3. The summed E-state index contributed by atoms with van der Waals surface area (Å²) < 4.78 is 14.3. The van der Waals surface area contributed by atoms with Crippen LogP contribution in [-0.4, -0.2) is 65.9 Å². The predicted octanol–water partition coefficient (Wildman–Crippen LogP) is 3.69. The number of likely N-dealkylation sites (tertiary alicyclic amines) is 1. The third-order valence-electron chi connectivity index (χ3n) is 6.19. The Hall–Kier alpha value is -4.31. The van der Waals surface area contributed by atoms with Crippen molar-refractivity contribution in [3.8, 4) is 0 Å². The van der Waals surface area contributed by atoms with Crippen molar-refractivity contribution in [1.29, 1.82) is 0 Å². The number of H-pyrrole nitrogens is 1.